The third-order valence-electron chi connectivity index (χ3n) is 1.86. The van der Waals surface area contributed by atoms with E-state index >= 15 is 0 Å². The van der Waals surface area contributed by atoms with Crippen LogP contribution in [0.15, 0.2) is 22.7 Å². The highest BCUT2D eigenvalue weighted by molar-refractivity contribution is 9.10. The van der Waals surface area contributed by atoms with Crippen LogP contribution in [0, 0.1) is 0 Å². The molecule has 0 saturated heterocycles. The number of halogens is 2. The van der Waals surface area contributed by atoms with E-state index in [1.165, 1.54) is 0 Å². The van der Waals surface area contributed by atoms with Crippen LogP contribution in [0.2, 0.25) is 5.02 Å². The first-order chi connectivity index (χ1) is 7.13. The van der Waals surface area contributed by atoms with Gasteiger partial charge in [-0.2, -0.15) is 0 Å². The van der Waals surface area contributed by atoms with E-state index in [-0.39, 0.29) is 5.91 Å². The lowest BCUT2D eigenvalue weighted by atomic mass is 10.2. The second-order valence-corrected chi connectivity index (χ2v) is 4.37. The summed E-state index contributed by atoms with van der Waals surface area (Å²) in [6, 6.07) is 5.55. The summed E-state index contributed by atoms with van der Waals surface area (Å²) in [5.41, 5.74) is 6.15. The molecule has 0 aliphatic rings. The molecule has 0 atom stereocenters. The van der Waals surface area contributed by atoms with Crippen LogP contribution in [-0.2, 0) is 11.3 Å². The number of hydrogen-bond donors (Lipinski definition) is 2. The second kappa shape index (κ2) is 6.10. The largest absolute Gasteiger partial charge is 0.352 e. The molecule has 0 heterocycles. The van der Waals surface area contributed by atoms with Crippen LogP contribution in [0.4, 0.5) is 0 Å². The number of rotatable bonds is 4. The quantitative estimate of drug-likeness (QED) is 0.892. The molecule has 0 saturated carbocycles. The molecule has 1 amide bonds. The molecule has 0 unspecified atom stereocenters. The normalized spacial score (nSPS) is 10.1. The van der Waals surface area contributed by atoms with Crippen molar-refractivity contribution in [3.63, 3.8) is 0 Å². The zero-order chi connectivity index (χ0) is 11.3. The Balaban J connectivity index is 2.54. The van der Waals surface area contributed by atoms with E-state index in [2.05, 4.69) is 21.2 Å². The minimum atomic E-state index is -0.0588. The van der Waals surface area contributed by atoms with Crippen molar-refractivity contribution in [2.75, 3.05) is 6.54 Å². The van der Waals surface area contributed by atoms with E-state index in [0.717, 1.165) is 10.0 Å². The van der Waals surface area contributed by atoms with Crippen molar-refractivity contribution in [3.8, 4) is 0 Å². The van der Waals surface area contributed by atoms with Gasteiger partial charge in [0.2, 0.25) is 5.91 Å². The summed E-state index contributed by atoms with van der Waals surface area (Å²) in [6.07, 6.45) is 0.341. The van der Waals surface area contributed by atoms with Gasteiger partial charge in [-0.1, -0.05) is 33.6 Å². The van der Waals surface area contributed by atoms with E-state index in [1.807, 2.05) is 12.1 Å². The van der Waals surface area contributed by atoms with Crippen molar-refractivity contribution in [2.24, 2.45) is 5.73 Å². The topological polar surface area (TPSA) is 55.1 Å². The van der Waals surface area contributed by atoms with Gasteiger partial charge in [0.05, 0.1) is 0 Å². The van der Waals surface area contributed by atoms with Crippen LogP contribution >= 0.6 is 27.5 Å². The highest BCUT2D eigenvalue weighted by Crippen LogP contribution is 2.21. The van der Waals surface area contributed by atoms with Crippen molar-refractivity contribution in [3.05, 3.63) is 33.3 Å². The zero-order valence-corrected chi connectivity index (χ0v) is 10.4. The number of nitrogens with one attached hydrogen (secondary N) is 1. The molecule has 0 spiro atoms. The predicted octanol–water partition coefficient (Wildman–Crippen LogP) is 2.07. The first-order valence-corrected chi connectivity index (χ1v) is 5.71. The summed E-state index contributed by atoms with van der Waals surface area (Å²) >= 11 is 9.30. The van der Waals surface area contributed by atoms with Gasteiger partial charge in [-0.15, -0.1) is 0 Å². The maximum absolute atomic E-state index is 11.2. The van der Waals surface area contributed by atoms with Crippen molar-refractivity contribution in [2.45, 2.75) is 13.0 Å². The minimum Gasteiger partial charge on any atom is -0.352 e. The molecule has 0 bridgehead atoms. The second-order valence-electron chi connectivity index (χ2n) is 3.05. The van der Waals surface area contributed by atoms with Crippen molar-refractivity contribution in [1.29, 1.82) is 0 Å². The molecule has 3 nitrogen and oxygen atoms in total. The smallest absolute Gasteiger partial charge is 0.221 e. The first-order valence-electron chi connectivity index (χ1n) is 4.54. The molecule has 0 fully saturated rings. The number of nitrogens with two attached hydrogens (primary N) is 1. The van der Waals surface area contributed by atoms with Gasteiger partial charge >= 0.3 is 0 Å². The van der Waals surface area contributed by atoms with Crippen molar-refractivity contribution in [1.82, 2.24) is 5.32 Å². The highest BCUT2D eigenvalue weighted by Gasteiger charge is 2.03. The van der Waals surface area contributed by atoms with Crippen LogP contribution in [0.3, 0.4) is 0 Å². The number of carbonyl (C=O) groups is 1. The Kier molecular flexibility index (Phi) is 5.08. The van der Waals surface area contributed by atoms with Crippen LogP contribution < -0.4 is 11.1 Å². The lowest BCUT2D eigenvalue weighted by Crippen LogP contribution is -2.25. The van der Waals surface area contributed by atoms with Gasteiger partial charge in [0.15, 0.2) is 0 Å². The molecule has 82 valence electrons. The molecule has 1 aromatic carbocycles. The molecular formula is C10H12BrClN2O. The summed E-state index contributed by atoms with van der Waals surface area (Å²) < 4.78 is 0.921. The minimum absolute atomic E-state index is 0.0588. The summed E-state index contributed by atoms with van der Waals surface area (Å²) in [5, 5.41) is 3.38. The van der Waals surface area contributed by atoms with Gasteiger partial charge in [0.25, 0.3) is 0 Å². The maximum atomic E-state index is 11.2. The lowest BCUT2D eigenvalue weighted by molar-refractivity contribution is -0.121. The van der Waals surface area contributed by atoms with Crippen molar-refractivity contribution < 1.29 is 4.79 Å². The number of amides is 1. The number of hydrogen-bond acceptors (Lipinski definition) is 2. The molecular weight excluding hydrogens is 279 g/mol. The van der Waals surface area contributed by atoms with Crippen LogP contribution in [0.25, 0.3) is 0 Å². The van der Waals surface area contributed by atoms with Gasteiger partial charge in [0, 0.05) is 29.0 Å². The van der Waals surface area contributed by atoms with Gasteiger partial charge in [-0.25, -0.2) is 0 Å². The van der Waals surface area contributed by atoms with Gasteiger partial charge < -0.3 is 11.1 Å². The molecule has 0 aliphatic carbocycles. The zero-order valence-electron chi connectivity index (χ0n) is 8.09. The highest BCUT2D eigenvalue weighted by atomic mass is 79.9. The van der Waals surface area contributed by atoms with Crippen LogP contribution in [-0.4, -0.2) is 12.5 Å². The van der Waals surface area contributed by atoms with E-state index in [9.17, 15) is 4.79 Å². The Morgan fingerprint density at radius 1 is 1.53 bits per heavy atom. The molecule has 0 aliphatic heterocycles. The third kappa shape index (κ3) is 4.20. The predicted molar refractivity (Wildman–Crippen MR) is 64.7 cm³/mol. The maximum Gasteiger partial charge on any atom is 0.221 e. The Bertz CT molecular complexity index is 357. The standard InChI is InChI=1S/C10H12BrClN2O/c11-8-2-1-7(9(12)5-8)6-14-10(15)3-4-13/h1-2,5H,3-4,6,13H2,(H,14,15). The fourth-order valence-corrected chi connectivity index (χ4v) is 1.82. The summed E-state index contributed by atoms with van der Waals surface area (Å²) in [4.78, 5) is 11.2. The van der Waals surface area contributed by atoms with E-state index in [1.54, 1.807) is 6.07 Å². The summed E-state index contributed by atoms with van der Waals surface area (Å²) in [7, 11) is 0. The number of benzene rings is 1. The molecule has 0 radical (unpaired) electrons. The lowest BCUT2D eigenvalue weighted by Gasteiger charge is -2.06. The fraction of sp³-hybridized carbons (Fsp3) is 0.300. The molecule has 0 aromatic heterocycles. The Labute approximate surface area is 102 Å². The summed E-state index contributed by atoms with van der Waals surface area (Å²) in [6.45, 7) is 0.796. The number of carbonyl (C=O) groups excluding carboxylic acids is 1. The van der Waals surface area contributed by atoms with E-state index < -0.39 is 0 Å². The molecule has 1 aromatic rings. The molecule has 5 heteroatoms. The van der Waals surface area contributed by atoms with Crippen LogP contribution in [0.1, 0.15) is 12.0 Å². The van der Waals surface area contributed by atoms with Gasteiger partial charge in [-0.3, -0.25) is 4.79 Å². The van der Waals surface area contributed by atoms with E-state index in [0.29, 0.717) is 24.5 Å². The average Bonchev–Trinajstić information content (AvgIpc) is 2.17. The molecule has 3 N–H and O–H groups in total. The fourth-order valence-electron chi connectivity index (χ4n) is 1.08. The van der Waals surface area contributed by atoms with E-state index in [4.69, 9.17) is 17.3 Å². The third-order valence-corrected chi connectivity index (χ3v) is 2.71. The Morgan fingerprint density at radius 2 is 2.27 bits per heavy atom. The molecule has 1 rings (SSSR count). The molecule has 15 heavy (non-hydrogen) atoms. The van der Waals surface area contributed by atoms with Crippen molar-refractivity contribution >= 4 is 33.4 Å². The SMILES string of the molecule is NCCC(=O)NCc1ccc(Br)cc1Cl. The Hall–Kier alpha value is -0.580. The van der Waals surface area contributed by atoms with Gasteiger partial charge in [0.1, 0.15) is 0 Å². The average molecular weight is 292 g/mol. The van der Waals surface area contributed by atoms with Gasteiger partial charge in [-0.05, 0) is 17.7 Å². The first kappa shape index (κ1) is 12.5. The summed E-state index contributed by atoms with van der Waals surface area (Å²) in [5.74, 6) is -0.0588. The monoisotopic (exact) mass is 290 g/mol. The van der Waals surface area contributed by atoms with Crippen LogP contribution in [0.5, 0.6) is 0 Å². The Morgan fingerprint density at radius 3 is 2.87 bits per heavy atom.